The minimum absolute atomic E-state index is 0.138. The summed E-state index contributed by atoms with van der Waals surface area (Å²) >= 11 is 0. The summed E-state index contributed by atoms with van der Waals surface area (Å²) in [6.45, 7) is 13.3. The molecule has 0 aromatic rings. The van der Waals surface area contributed by atoms with E-state index >= 15 is 0 Å². The molecule has 2 N–H and O–H groups in total. The van der Waals surface area contributed by atoms with Crippen LogP contribution in [0.2, 0.25) is 0 Å². The van der Waals surface area contributed by atoms with Gasteiger partial charge in [-0.3, -0.25) is 0 Å². The van der Waals surface area contributed by atoms with Crippen molar-refractivity contribution in [2.45, 2.75) is 52.3 Å². The Kier molecular flexibility index (Phi) is 7.99. The maximum atomic E-state index is 5.81. The maximum absolute atomic E-state index is 5.81. The number of rotatable bonds is 3. The fraction of sp³-hybridized carbons (Fsp3) is 1.00. The van der Waals surface area contributed by atoms with Gasteiger partial charge in [-0.2, -0.15) is 0 Å². The van der Waals surface area contributed by atoms with Crippen molar-refractivity contribution in [3.05, 3.63) is 0 Å². The molecule has 0 heterocycles. The van der Waals surface area contributed by atoms with E-state index in [4.69, 9.17) is 9.92 Å². The molecule has 1 atom stereocenters. The van der Waals surface area contributed by atoms with E-state index in [1.54, 1.807) is 0 Å². The fourth-order valence-corrected chi connectivity index (χ4v) is 1.36. The summed E-state index contributed by atoms with van der Waals surface area (Å²) in [6, 6.07) is 0.138. The average molecular weight is 223 g/mol. The second-order valence-corrected chi connectivity index (χ2v) is 8.53. The zero-order chi connectivity index (χ0) is 12.0. The van der Waals surface area contributed by atoms with Crippen molar-refractivity contribution in [2.24, 2.45) is 5.73 Å². The maximum Gasteiger partial charge on any atom is 0.0740 e. The van der Waals surface area contributed by atoms with E-state index in [0.717, 1.165) is 0 Å². The van der Waals surface area contributed by atoms with Gasteiger partial charge in [-0.05, 0) is 19.4 Å². The van der Waals surface area contributed by atoms with Crippen LogP contribution >= 0.6 is 10.3 Å². The molecule has 0 spiro atoms. The van der Waals surface area contributed by atoms with Crippen LogP contribution in [0.25, 0.3) is 0 Å². The van der Waals surface area contributed by atoms with Gasteiger partial charge in [0.15, 0.2) is 0 Å². The molecule has 90 valence electrons. The van der Waals surface area contributed by atoms with E-state index in [0.29, 0.717) is 6.61 Å². The second-order valence-electron chi connectivity index (χ2n) is 4.61. The molecule has 1 unspecified atom stereocenters. The molecule has 0 saturated carbocycles. The summed E-state index contributed by atoms with van der Waals surface area (Å²) in [7, 11) is -0.973. The van der Waals surface area contributed by atoms with Crippen molar-refractivity contribution in [1.82, 2.24) is 0 Å². The molecule has 0 radical (unpaired) electrons. The number of nitrogens with two attached hydrogens (primary N) is 1. The molecule has 0 rings (SSSR count). The summed E-state index contributed by atoms with van der Waals surface area (Å²) in [5.41, 5.74) is 5.63. The van der Waals surface area contributed by atoms with Gasteiger partial charge < -0.3 is 9.92 Å². The molecular weight excluding hydrogens is 194 g/mol. The topological polar surface area (TPSA) is 35.2 Å². The van der Waals surface area contributed by atoms with Crippen LogP contribution in [0.3, 0.4) is 0 Å². The molecule has 14 heavy (non-hydrogen) atoms. The Bertz CT molecular complexity index is 139. The summed E-state index contributed by atoms with van der Waals surface area (Å²) < 4.78 is 6.05. The highest BCUT2D eigenvalue weighted by Crippen LogP contribution is 2.53. The SMILES string of the molecule is CC.CC(N)COS(C)(C)C(C)(C)C. The zero-order valence-electron chi connectivity index (χ0n) is 11.2. The van der Waals surface area contributed by atoms with E-state index in [1.807, 2.05) is 20.8 Å². The third-order valence-electron chi connectivity index (χ3n) is 2.10. The molecular formula is C11H29NOS. The molecule has 3 heteroatoms. The van der Waals surface area contributed by atoms with E-state index in [-0.39, 0.29) is 10.8 Å². The Balaban J connectivity index is 0. The van der Waals surface area contributed by atoms with Crippen LogP contribution < -0.4 is 5.73 Å². The monoisotopic (exact) mass is 223 g/mol. The van der Waals surface area contributed by atoms with Gasteiger partial charge in [-0.15, -0.1) is 10.3 Å². The standard InChI is InChI=1S/C9H23NOS.C2H6/c1-8(10)7-11-12(5,6)9(2,3)4;1-2/h8H,7,10H2,1-6H3;1-2H3. The molecule has 0 aliphatic rings. The highest BCUT2D eigenvalue weighted by Gasteiger charge is 2.28. The van der Waals surface area contributed by atoms with Crippen LogP contribution in [0.15, 0.2) is 0 Å². The minimum atomic E-state index is -0.973. The van der Waals surface area contributed by atoms with Crippen molar-refractivity contribution in [3.8, 4) is 0 Å². The third kappa shape index (κ3) is 6.68. The van der Waals surface area contributed by atoms with Gasteiger partial charge in [-0.25, -0.2) is 0 Å². The van der Waals surface area contributed by atoms with Crippen LogP contribution in [-0.2, 0) is 4.18 Å². The highest BCUT2D eigenvalue weighted by atomic mass is 32.3. The van der Waals surface area contributed by atoms with Crippen LogP contribution in [-0.4, -0.2) is 29.9 Å². The molecule has 0 aliphatic heterocycles. The first-order valence-electron chi connectivity index (χ1n) is 5.29. The third-order valence-corrected chi connectivity index (χ3v) is 5.78. The lowest BCUT2D eigenvalue weighted by Crippen LogP contribution is -2.29. The first kappa shape index (κ1) is 16.7. The predicted molar refractivity (Wildman–Crippen MR) is 70.1 cm³/mol. The number of hydrogen-bond acceptors (Lipinski definition) is 2. The van der Waals surface area contributed by atoms with Gasteiger partial charge in [0.05, 0.1) is 6.61 Å². The summed E-state index contributed by atoms with van der Waals surface area (Å²) in [6.07, 6.45) is 4.38. The summed E-state index contributed by atoms with van der Waals surface area (Å²) in [5.74, 6) is 0. The van der Waals surface area contributed by atoms with Gasteiger partial charge >= 0.3 is 0 Å². The van der Waals surface area contributed by atoms with Crippen molar-refractivity contribution < 1.29 is 4.18 Å². The van der Waals surface area contributed by atoms with E-state index < -0.39 is 10.3 Å². The van der Waals surface area contributed by atoms with E-state index in [2.05, 4.69) is 33.3 Å². The Morgan fingerprint density at radius 1 is 1.21 bits per heavy atom. The lowest BCUT2D eigenvalue weighted by Gasteiger charge is -2.44. The first-order valence-corrected chi connectivity index (χ1v) is 7.67. The number of hydrogen-bond donors (Lipinski definition) is 1. The Labute approximate surface area is 92.1 Å². The normalized spacial score (nSPS) is 15.5. The zero-order valence-corrected chi connectivity index (χ0v) is 12.0. The van der Waals surface area contributed by atoms with Gasteiger partial charge in [0.2, 0.25) is 0 Å². The van der Waals surface area contributed by atoms with Gasteiger partial charge in [0, 0.05) is 10.8 Å². The lowest BCUT2D eigenvalue weighted by atomic mass is 10.3. The van der Waals surface area contributed by atoms with Gasteiger partial charge in [0.1, 0.15) is 0 Å². The lowest BCUT2D eigenvalue weighted by molar-refractivity contribution is 0.325. The largest absolute Gasteiger partial charge is 0.335 e. The minimum Gasteiger partial charge on any atom is -0.335 e. The molecule has 0 aromatic heterocycles. The Hall–Kier alpha value is 0.270. The van der Waals surface area contributed by atoms with Crippen LogP contribution in [0.1, 0.15) is 41.5 Å². The smallest absolute Gasteiger partial charge is 0.0740 e. The molecule has 0 bridgehead atoms. The molecule has 0 saturated heterocycles. The van der Waals surface area contributed by atoms with Gasteiger partial charge in [0.25, 0.3) is 0 Å². The Morgan fingerprint density at radius 2 is 1.57 bits per heavy atom. The Morgan fingerprint density at radius 3 is 1.79 bits per heavy atom. The van der Waals surface area contributed by atoms with Crippen LogP contribution in [0, 0.1) is 0 Å². The van der Waals surface area contributed by atoms with E-state index in [1.165, 1.54) is 0 Å². The fourth-order valence-electron chi connectivity index (χ4n) is 0.454. The summed E-state index contributed by atoms with van der Waals surface area (Å²) in [4.78, 5) is 0. The van der Waals surface area contributed by atoms with Crippen molar-refractivity contribution in [2.75, 3.05) is 19.1 Å². The molecule has 0 fully saturated rings. The molecule has 0 amide bonds. The van der Waals surface area contributed by atoms with Crippen molar-refractivity contribution >= 4 is 10.3 Å². The molecule has 2 nitrogen and oxygen atoms in total. The van der Waals surface area contributed by atoms with E-state index in [9.17, 15) is 0 Å². The average Bonchev–Trinajstić information content (AvgIpc) is 2.03. The van der Waals surface area contributed by atoms with Crippen molar-refractivity contribution in [3.63, 3.8) is 0 Å². The van der Waals surface area contributed by atoms with Gasteiger partial charge in [-0.1, -0.05) is 34.6 Å². The van der Waals surface area contributed by atoms with Crippen LogP contribution in [0.4, 0.5) is 0 Å². The second kappa shape index (κ2) is 6.70. The summed E-state index contributed by atoms with van der Waals surface area (Å²) in [5, 5.41) is 0. The highest BCUT2D eigenvalue weighted by molar-refractivity contribution is 8.29. The molecule has 0 aromatic carbocycles. The van der Waals surface area contributed by atoms with Crippen LogP contribution in [0.5, 0.6) is 0 Å². The van der Waals surface area contributed by atoms with Crippen molar-refractivity contribution in [1.29, 1.82) is 0 Å². The predicted octanol–water partition coefficient (Wildman–Crippen LogP) is 3.15. The molecule has 0 aliphatic carbocycles. The quantitative estimate of drug-likeness (QED) is 0.797. The first-order chi connectivity index (χ1) is 6.17.